The van der Waals surface area contributed by atoms with E-state index in [0.717, 1.165) is 17.6 Å². The number of para-hydroxylation sites is 1. The topological polar surface area (TPSA) is 27.8 Å². The van der Waals surface area contributed by atoms with E-state index in [1.807, 2.05) is 12.1 Å². The molecule has 2 unspecified atom stereocenters. The summed E-state index contributed by atoms with van der Waals surface area (Å²) < 4.78 is 0. The molecule has 3 aromatic carbocycles. The van der Waals surface area contributed by atoms with E-state index >= 15 is 0 Å². The van der Waals surface area contributed by atoms with Gasteiger partial charge in [-0.15, -0.1) is 0 Å². The summed E-state index contributed by atoms with van der Waals surface area (Å²) in [6, 6.07) is 23.5. The normalized spacial score (nSPS) is 18.9. The molecule has 2 nitrogen and oxygen atoms in total. The molecular weight excluding hydrogens is 423 g/mol. The number of aromatic nitrogens is 1. The number of hydrogen-bond donors (Lipinski definition) is 2. The summed E-state index contributed by atoms with van der Waals surface area (Å²) in [5, 5.41) is 6.41. The maximum absolute atomic E-state index is 6.64. The second-order valence-electron chi connectivity index (χ2n) is 9.43. The van der Waals surface area contributed by atoms with Gasteiger partial charge in [0.1, 0.15) is 0 Å². The van der Waals surface area contributed by atoms with Crippen molar-refractivity contribution in [3.63, 3.8) is 0 Å². The molecule has 158 valence electrons. The molecular formula is C27H26Cl2N2. The van der Waals surface area contributed by atoms with Crippen LogP contribution >= 0.6 is 23.2 Å². The van der Waals surface area contributed by atoms with E-state index in [0.29, 0.717) is 10.0 Å². The second kappa shape index (κ2) is 7.70. The Hall–Kier alpha value is -2.26. The summed E-state index contributed by atoms with van der Waals surface area (Å²) in [5.41, 5.74) is 7.54. The van der Waals surface area contributed by atoms with Gasteiger partial charge in [0.2, 0.25) is 0 Å². The Labute approximate surface area is 193 Å². The minimum atomic E-state index is 0.110. The van der Waals surface area contributed by atoms with Gasteiger partial charge in [-0.25, -0.2) is 0 Å². The second-order valence-corrected chi connectivity index (χ2v) is 10.3. The fraction of sp³-hybridized carbons (Fsp3) is 0.259. The Morgan fingerprint density at radius 2 is 1.65 bits per heavy atom. The van der Waals surface area contributed by atoms with E-state index < -0.39 is 0 Å². The monoisotopic (exact) mass is 448 g/mol. The third-order valence-corrected chi connectivity index (χ3v) is 6.95. The molecule has 0 fully saturated rings. The third kappa shape index (κ3) is 3.67. The number of halogens is 2. The quantitative estimate of drug-likeness (QED) is 0.324. The van der Waals surface area contributed by atoms with Gasteiger partial charge < -0.3 is 10.3 Å². The lowest BCUT2D eigenvalue weighted by Gasteiger charge is -2.32. The van der Waals surface area contributed by atoms with E-state index in [4.69, 9.17) is 23.2 Å². The van der Waals surface area contributed by atoms with Gasteiger partial charge in [0.25, 0.3) is 0 Å². The molecule has 1 aliphatic heterocycles. The van der Waals surface area contributed by atoms with Crippen molar-refractivity contribution in [3.05, 3.63) is 105 Å². The zero-order chi connectivity index (χ0) is 21.8. The maximum atomic E-state index is 6.64. The lowest BCUT2D eigenvalue weighted by atomic mass is 9.82. The van der Waals surface area contributed by atoms with Crippen molar-refractivity contribution in [1.29, 1.82) is 0 Å². The third-order valence-electron chi connectivity index (χ3n) is 6.39. The summed E-state index contributed by atoms with van der Waals surface area (Å²) in [6.45, 7) is 7.55. The molecule has 2 atom stereocenters. The Balaban J connectivity index is 1.64. The maximum Gasteiger partial charge on any atom is 0.0732 e. The summed E-state index contributed by atoms with van der Waals surface area (Å²) in [5.74, 6) is 0.154. The number of aromatic amines is 1. The molecule has 0 saturated carbocycles. The molecule has 0 bridgehead atoms. The molecule has 4 aromatic rings. The molecule has 1 aliphatic rings. The van der Waals surface area contributed by atoms with Crippen LogP contribution in [0.3, 0.4) is 0 Å². The van der Waals surface area contributed by atoms with Crippen LogP contribution < -0.4 is 5.32 Å². The molecule has 4 heteroatoms. The Morgan fingerprint density at radius 1 is 0.903 bits per heavy atom. The Kier molecular flexibility index (Phi) is 5.13. The first-order valence-corrected chi connectivity index (χ1v) is 11.5. The summed E-state index contributed by atoms with van der Waals surface area (Å²) in [6.07, 6.45) is 0. The SMILES string of the molecule is CC(C)(C)c1ccc(C2NCC(c3ccc(Cl)cc3Cl)c3c2[nH]c2ccccc32)cc1. The first-order valence-electron chi connectivity index (χ1n) is 10.7. The van der Waals surface area contributed by atoms with Crippen LogP contribution in [0.1, 0.15) is 60.7 Å². The zero-order valence-corrected chi connectivity index (χ0v) is 19.5. The number of hydrogen-bond acceptors (Lipinski definition) is 1. The average Bonchev–Trinajstić information content (AvgIpc) is 3.13. The van der Waals surface area contributed by atoms with E-state index in [-0.39, 0.29) is 17.4 Å². The van der Waals surface area contributed by atoms with Crippen molar-refractivity contribution in [2.45, 2.75) is 38.1 Å². The van der Waals surface area contributed by atoms with Gasteiger partial charge in [0, 0.05) is 39.1 Å². The summed E-state index contributed by atoms with van der Waals surface area (Å²) >= 11 is 12.8. The highest BCUT2D eigenvalue weighted by Gasteiger charge is 2.33. The van der Waals surface area contributed by atoms with Crippen LogP contribution in [0.15, 0.2) is 66.7 Å². The average molecular weight is 449 g/mol. The highest BCUT2D eigenvalue weighted by Crippen LogP contribution is 2.43. The van der Waals surface area contributed by atoms with Gasteiger partial charge in [-0.3, -0.25) is 0 Å². The van der Waals surface area contributed by atoms with Gasteiger partial charge >= 0.3 is 0 Å². The minimum Gasteiger partial charge on any atom is -0.357 e. The smallest absolute Gasteiger partial charge is 0.0732 e. The molecule has 31 heavy (non-hydrogen) atoms. The van der Waals surface area contributed by atoms with Gasteiger partial charge in [-0.2, -0.15) is 0 Å². The first kappa shape index (κ1) is 20.6. The molecule has 0 spiro atoms. The van der Waals surface area contributed by atoms with Gasteiger partial charge in [-0.1, -0.05) is 92.5 Å². The van der Waals surface area contributed by atoms with Crippen LogP contribution in [0, 0.1) is 0 Å². The highest BCUT2D eigenvalue weighted by atomic mass is 35.5. The van der Waals surface area contributed by atoms with Crippen LogP contribution in [-0.4, -0.2) is 11.5 Å². The highest BCUT2D eigenvalue weighted by molar-refractivity contribution is 6.35. The number of benzene rings is 3. The Morgan fingerprint density at radius 3 is 2.35 bits per heavy atom. The van der Waals surface area contributed by atoms with Crippen LogP contribution in [0.4, 0.5) is 0 Å². The largest absolute Gasteiger partial charge is 0.357 e. The van der Waals surface area contributed by atoms with Crippen molar-refractivity contribution >= 4 is 34.1 Å². The van der Waals surface area contributed by atoms with E-state index in [9.17, 15) is 0 Å². The Bertz CT molecular complexity index is 1250. The zero-order valence-electron chi connectivity index (χ0n) is 18.0. The molecule has 5 rings (SSSR count). The molecule has 0 amide bonds. The van der Waals surface area contributed by atoms with Crippen LogP contribution in [0.25, 0.3) is 10.9 Å². The van der Waals surface area contributed by atoms with Crippen molar-refractivity contribution in [2.24, 2.45) is 0 Å². The van der Waals surface area contributed by atoms with Crippen molar-refractivity contribution in [3.8, 4) is 0 Å². The molecule has 2 heterocycles. The lowest BCUT2D eigenvalue weighted by molar-refractivity contribution is 0.524. The van der Waals surface area contributed by atoms with E-state index in [1.165, 1.54) is 27.8 Å². The van der Waals surface area contributed by atoms with Crippen LogP contribution in [0.2, 0.25) is 10.0 Å². The fourth-order valence-corrected chi connectivity index (χ4v) is 5.28. The van der Waals surface area contributed by atoms with Crippen molar-refractivity contribution < 1.29 is 0 Å². The number of H-pyrrole nitrogens is 1. The molecule has 1 aromatic heterocycles. The standard InChI is InChI=1S/C27H26Cl2N2/c1-27(2,3)17-10-8-16(9-11-17)25-26-24(20-6-4-5-7-23(20)31-26)21(15-30-25)19-13-12-18(28)14-22(19)29/h4-14,21,25,30-31H,15H2,1-3H3. The summed E-state index contributed by atoms with van der Waals surface area (Å²) in [7, 11) is 0. The number of rotatable bonds is 2. The van der Waals surface area contributed by atoms with E-state index in [2.05, 4.69) is 85.7 Å². The van der Waals surface area contributed by atoms with Crippen LogP contribution in [0.5, 0.6) is 0 Å². The van der Waals surface area contributed by atoms with Crippen molar-refractivity contribution in [2.75, 3.05) is 6.54 Å². The van der Waals surface area contributed by atoms with Gasteiger partial charge in [0.05, 0.1) is 6.04 Å². The molecule has 0 saturated heterocycles. The minimum absolute atomic E-state index is 0.110. The van der Waals surface area contributed by atoms with Gasteiger partial charge in [-0.05, 0) is 45.9 Å². The summed E-state index contributed by atoms with van der Waals surface area (Å²) in [4.78, 5) is 3.71. The van der Waals surface area contributed by atoms with Crippen LogP contribution in [-0.2, 0) is 5.41 Å². The number of nitrogens with one attached hydrogen (secondary N) is 2. The number of fused-ring (bicyclic) bond motifs is 3. The fourth-order valence-electron chi connectivity index (χ4n) is 4.74. The van der Waals surface area contributed by atoms with E-state index in [1.54, 1.807) is 0 Å². The predicted octanol–water partition coefficient (Wildman–Crippen LogP) is 7.60. The first-order chi connectivity index (χ1) is 14.8. The molecule has 2 N–H and O–H groups in total. The van der Waals surface area contributed by atoms with Gasteiger partial charge in [0.15, 0.2) is 0 Å². The van der Waals surface area contributed by atoms with Crippen molar-refractivity contribution in [1.82, 2.24) is 10.3 Å². The lowest BCUT2D eigenvalue weighted by Crippen LogP contribution is -2.34. The molecule has 0 aliphatic carbocycles. The predicted molar refractivity (Wildman–Crippen MR) is 132 cm³/mol. The molecule has 0 radical (unpaired) electrons.